The Labute approximate surface area is 257 Å². The second kappa shape index (κ2) is 12.9. The van der Waals surface area contributed by atoms with Gasteiger partial charge in [0, 0.05) is 35.0 Å². The number of nitrogens with zero attached hydrogens (tertiary/aromatic N) is 2. The molecule has 0 unspecified atom stereocenters. The first kappa shape index (κ1) is 28.7. The largest absolute Gasteiger partial charge is 0.352 e. The number of hydrogen-bond acceptors (Lipinski definition) is 4. The number of unbranched alkanes of at least 4 members (excludes halogenated alkanes) is 1. The summed E-state index contributed by atoms with van der Waals surface area (Å²) in [6, 6.07) is 35.4. The molecular formula is C38H34N4O2. The fraction of sp³-hybridized carbons (Fsp3) is 0.158. The van der Waals surface area contributed by atoms with Crippen LogP contribution < -0.4 is 10.6 Å². The maximum Gasteiger partial charge on any atom is 0.252 e. The number of fused-ring (bicyclic) bond motifs is 2. The number of rotatable bonds is 9. The third kappa shape index (κ3) is 6.35. The van der Waals surface area contributed by atoms with Gasteiger partial charge in [0.2, 0.25) is 0 Å². The number of benzene rings is 4. The molecule has 2 amide bonds. The highest BCUT2D eigenvalue weighted by Gasteiger charge is 2.15. The van der Waals surface area contributed by atoms with Gasteiger partial charge in [0.15, 0.2) is 0 Å². The van der Waals surface area contributed by atoms with Gasteiger partial charge in [0.1, 0.15) is 0 Å². The van der Waals surface area contributed by atoms with Gasteiger partial charge in [0.05, 0.1) is 33.5 Å². The lowest BCUT2D eigenvalue weighted by Gasteiger charge is -2.12. The van der Waals surface area contributed by atoms with Gasteiger partial charge in [-0.15, -0.1) is 0 Å². The van der Waals surface area contributed by atoms with Crippen molar-refractivity contribution >= 4 is 33.6 Å². The zero-order chi connectivity index (χ0) is 30.5. The van der Waals surface area contributed by atoms with Gasteiger partial charge in [-0.05, 0) is 63.1 Å². The number of pyridine rings is 2. The molecule has 6 heteroatoms. The van der Waals surface area contributed by atoms with E-state index >= 15 is 0 Å². The average molecular weight is 579 g/mol. The first-order chi connectivity index (χ1) is 21.5. The lowest BCUT2D eigenvalue weighted by atomic mass is 10.0. The Kier molecular flexibility index (Phi) is 8.41. The van der Waals surface area contributed by atoms with Crippen LogP contribution in [0.3, 0.4) is 0 Å². The van der Waals surface area contributed by atoms with Crippen molar-refractivity contribution in [2.24, 2.45) is 0 Å². The first-order valence-electron chi connectivity index (χ1n) is 15.0. The maximum absolute atomic E-state index is 13.3. The number of aryl methyl sites for hydroxylation is 2. The van der Waals surface area contributed by atoms with E-state index in [0.29, 0.717) is 24.2 Å². The lowest BCUT2D eigenvalue weighted by molar-refractivity contribution is 0.0941. The molecule has 0 atom stereocenters. The molecule has 218 valence electrons. The Hall–Kier alpha value is -5.36. The van der Waals surface area contributed by atoms with Gasteiger partial charge < -0.3 is 10.6 Å². The molecule has 4 aromatic carbocycles. The zero-order valence-electron chi connectivity index (χ0n) is 24.9. The zero-order valence-corrected chi connectivity index (χ0v) is 24.9. The number of hydrogen-bond donors (Lipinski definition) is 2. The molecule has 6 aromatic rings. The molecule has 0 fully saturated rings. The maximum atomic E-state index is 13.3. The SMILES string of the molecule is Cc1cccc(-c2cc(C(=O)NCCCCNC(=O)c3cc(-c4cccc(C)c4)nc4ccccc34)c3ccccc3n2)c1. The standard InChI is InChI=1S/C38H34N4O2/c1-25-11-9-13-27(21-25)35-23-31(29-15-3-5-17-33(29)41-35)37(43)39-19-7-8-20-40-38(44)32-24-36(28-14-10-12-26(2)22-28)42-34-18-6-4-16-30(32)34/h3-6,9-18,21-24H,7-8,19-20H2,1-2H3,(H,39,43)(H,40,44). The third-order valence-electron chi connectivity index (χ3n) is 7.72. The van der Waals surface area contributed by atoms with Crippen molar-refractivity contribution in [3.63, 3.8) is 0 Å². The Morgan fingerprint density at radius 1 is 0.545 bits per heavy atom. The van der Waals surface area contributed by atoms with Crippen LogP contribution in [0.2, 0.25) is 0 Å². The van der Waals surface area contributed by atoms with Crippen LogP contribution in [0.15, 0.2) is 109 Å². The summed E-state index contributed by atoms with van der Waals surface area (Å²) < 4.78 is 0. The molecule has 0 aliphatic carbocycles. The molecule has 0 saturated heterocycles. The smallest absolute Gasteiger partial charge is 0.252 e. The second-order valence-corrected chi connectivity index (χ2v) is 11.1. The molecule has 6 rings (SSSR count). The molecule has 6 nitrogen and oxygen atoms in total. The summed E-state index contributed by atoms with van der Waals surface area (Å²) in [6.07, 6.45) is 1.46. The molecule has 0 saturated carbocycles. The summed E-state index contributed by atoms with van der Waals surface area (Å²) in [6.45, 7) is 5.09. The average Bonchev–Trinajstić information content (AvgIpc) is 3.05. The van der Waals surface area contributed by atoms with Gasteiger partial charge in [-0.3, -0.25) is 9.59 Å². The van der Waals surface area contributed by atoms with E-state index in [1.165, 1.54) is 0 Å². The van der Waals surface area contributed by atoms with Crippen molar-refractivity contribution in [3.05, 3.63) is 131 Å². The van der Waals surface area contributed by atoms with Gasteiger partial charge in [-0.2, -0.15) is 0 Å². The molecule has 2 N–H and O–H groups in total. The quantitative estimate of drug-likeness (QED) is 0.172. The van der Waals surface area contributed by atoms with Crippen molar-refractivity contribution < 1.29 is 9.59 Å². The number of carbonyl (C=O) groups excluding carboxylic acids is 2. The molecule has 0 aliphatic rings. The molecule has 2 heterocycles. The van der Waals surface area contributed by atoms with Crippen LogP contribution in [-0.2, 0) is 0 Å². The van der Waals surface area contributed by atoms with Crippen LogP contribution in [0, 0.1) is 13.8 Å². The first-order valence-corrected chi connectivity index (χ1v) is 15.0. The van der Waals surface area contributed by atoms with E-state index in [2.05, 4.69) is 22.8 Å². The summed E-state index contributed by atoms with van der Waals surface area (Å²) in [4.78, 5) is 36.3. The Morgan fingerprint density at radius 3 is 1.41 bits per heavy atom. The topological polar surface area (TPSA) is 84.0 Å². The van der Waals surface area contributed by atoms with Crippen LogP contribution in [-0.4, -0.2) is 34.9 Å². The van der Waals surface area contributed by atoms with Crippen LogP contribution in [0.4, 0.5) is 0 Å². The van der Waals surface area contributed by atoms with Crippen molar-refractivity contribution in [1.82, 2.24) is 20.6 Å². The molecule has 0 radical (unpaired) electrons. The van der Waals surface area contributed by atoms with Crippen molar-refractivity contribution in [2.45, 2.75) is 26.7 Å². The molecule has 0 aliphatic heterocycles. The van der Waals surface area contributed by atoms with Crippen molar-refractivity contribution in [2.75, 3.05) is 13.1 Å². The van der Waals surface area contributed by atoms with E-state index in [0.717, 1.165) is 68.3 Å². The van der Waals surface area contributed by atoms with E-state index in [9.17, 15) is 9.59 Å². The lowest BCUT2D eigenvalue weighted by Crippen LogP contribution is -2.27. The van der Waals surface area contributed by atoms with E-state index in [4.69, 9.17) is 9.97 Å². The van der Waals surface area contributed by atoms with Gasteiger partial charge in [0.25, 0.3) is 11.8 Å². The highest BCUT2D eigenvalue weighted by atomic mass is 16.2. The Balaban J connectivity index is 1.09. The minimum Gasteiger partial charge on any atom is -0.352 e. The monoisotopic (exact) mass is 578 g/mol. The number of amides is 2. The summed E-state index contributed by atoms with van der Waals surface area (Å²) in [7, 11) is 0. The number of aromatic nitrogens is 2. The van der Waals surface area contributed by atoms with Crippen LogP contribution >= 0.6 is 0 Å². The Bertz CT molecular complexity index is 1850. The number of nitrogens with one attached hydrogen (secondary N) is 2. The van der Waals surface area contributed by atoms with Crippen LogP contribution in [0.5, 0.6) is 0 Å². The fourth-order valence-electron chi connectivity index (χ4n) is 5.48. The Morgan fingerprint density at radius 2 is 0.977 bits per heavy atom. The summed E-state index contributed by atoms with van der Waals surface area (Å²) in [5.74, 6) is -0.262. The molecule has 44 heavy (non-hydrogen) atoms. The van der Waals surface area contributed by atoms with E-state index in [1.54, 1.807) is 0 Å². The summed E-state index contributed by atoms with van der Waals surface area (Å²) in [5.41, 5.74) is 8.57. The van der Waals surface area contributed by atoms with Gasteiger partial charge in [-0.25, -0.2) is 9.97 Å². The summed E-state index contributed by atoms with van der Waals surface area (Å²) >= 11 is 0. The number of para-hydroxylation sites is 2. The minimum absolute atomic E-state index is 0.131. The van der Waals surface area contributed by atoms with Gasteiger partial charge >= 0.3 is 0 Å². The molecule has 0 bridgehead atoms. The predicted molar refractivity (Wildman–Crippen MR) is 178 cm³/mol. The van der Waals surface area contributed by atoms with Crippen molar-refractivity contribution in [1.29, 1.82) is 0 Å². The predicted octanol–water partition coefficient (Wildman–Crippen LogP) is 7.67. The highest BCUT2D eigenvalue weighted by Crippen LogP contribution is 2.27. The van der Waals surface area contributed by atoms with Gasteiger partial charge in [-0.1, -0.05) is 83.9 Å². The van der Waals surface area contributed by atoms with Crippen molar-refractivity contribution in [3.8, 4) is 22.5 Å². The fourth-order valence-corrected chi connectivity index (χ4v) is 5.48. The van der Waals surface area contributed by atoms with E-state index in [1.807, 2.05) is 111 Å². The molecule has 2 aromatic heterocycles. The molecular weight excluding hydrogens is 544 g/mol. The normalized spacial score (nSPS) is 11.0. The second-order valence-electron chi connectivity index (χ2n) is 11.1. The van der Waals surface area contributed by atoms with E-state index in [-0.39, 0.29) is 11.8 Å². The molecule has 0 spiro atoms. The number of carbonyl (C=O) groups is 2. The van der Waals surface area contributed by atoms with E-state index < -0.39 is 0 Å². The highest BCUT2D eigenvalue weighted by molar-refractivity contribution is 6.08. The van der Waals surface area contributed by atoms with Crippen LogP contribution in [0.1, 0.15) is 44.7 Å². The summed E-state index contributed by atoms with van der Waals surface area (Å²) in [5, 5.41) is 7.78. The van der Waals surface area contributed by atoms with Crippen LogP contribution in [0.25, 0.3) is 44.3 Å². The third-order valence-corrected chi connectivity index (χ3v) is 7.72. The minimum atomic E-state index is -0.131.